The number of fused-ring (bicyclic) bond motifs is 1. The van der Waals surface area contributed by atoms with Crippen LogP contribution in [0.1, 0.15) is 16.0 Å². The predicted octanol–water partition coefficient (Wildman–Crippen LogP) is 5.36. The Bertz CT molecular complexity index is 1240. The lowest BCUT2D eigenvalue weighted by molar-refractivity contribution is 0.186. The second-order valence-corrected chi connectivity index (χ2v) is 8.47. The van der Waals surface area contributed by atoms with Crippen LogP contribution in [0.2, 0.25) is 0 Å². The molecule has 0 spiro atoms. The number of hydrogen-bond acceptors (Lipinski definition) is 4. The molecule has 148 valence electrons. The minimum Gasteiger partial charge on any atom is -0.383 e. The number of nitrogens with zero attached hydrogens (tertiary/aromatic N) is 2. The van der Waals surface area contributed by atoms with Crippen molar-refractivity contribution in [2.75, 3.05) is 13.7 Å². The Labute approximate surface area is 174 Å². The summed E-state index contributed by atoms with van der Waals surface area (Å²) < 4.78 is 7.02. The number of methoxy groups -OCH3 is 1. The summed E-state index contributed by atoms with van der Waals surface area (Å²) in [6.07, 6.45) is 0. The highest BCUT2D eigenvalue weighted by atomic mass is 32.1. The summed E-state index contributed by atoms with van der Waals surface area (Å²) in [5.41, 5.74) is 5.45. The first-order valence-corrected chi connectivity index (χ1v) is 10.5. The van der Waals surface area contributed by atoms with Gasteiger partial charge in [-0.25, -0.2) is 4.98 Å². The van der Waals surface area contributed by atoms with E-state index in [1.807, 2.05) is 30.3 Å². The number of aryl methyl sites for hydroxylation is 3. The Morgan fingerprint density at radius 3 is 2.45 bits per heavy atom. The van der Waals surface area contributed by atoms with Gasteiger partial charge in [0.25, 0.3) is 5.56 Å². The minimum absolute atomic E-state index is 0.0107. The number of hydrogen-bond donors (Lipinski definition) is 0. The van der Waals surface area contributed by atoms with Gasteiger partial charge < -0.3 is 4.74 Å². The van der Waals surface area contributed by atoms with E-state index in [-0.39, 0.29) is 5.56 Å². The van der Waals surface area contributed by atoms with Crippen molar-refractivity contribution >= 4 is 21.6 Å². The maximum absolute atomic E-state index is 13.7. The van der Waals surface area contributed by atoms with Crippen LogP contribution in [0, 0.1) is 20.8 Å². The first kappa shape index (κ1) is 19.6. The van der Waals surface area contributed by atoms with Crippen molar-refractivity contribution in [3.05, 3.63) is 74.9 Å². The molecule has 0 atom stereocenters. The van der Waals surface area contributed by atoms with E-state index in [1.54, 1.807) is 23.0 Å². The van der Waals surface area contributed by atoms with E-state index in [1.165, 1.54) is 11.1 Å². The summed E-state index contributed by atoms with van der Waals surface area (Å²) in [7, 11) is 1.65. The van der Waals surface area contributed by atoms with Crippen molar-refractivity contribution in [2.24, 2.45) is 0 Å². The van der Waals surface area contributed by atoms with E-state index in [2.05, 4.69) is 39.0 Å². The van der Waals surface area contributed by atoms with Crippen LogP contribution in [0.5, 0.6) is 0 Å². The molecular formula is C24H24N2O2S. The number of rotatable bonds is 5. The third-order valence-electron chi connectivity index (χ3n) is 5.33. The normalized spacial score (nSPS) is 11.3. The number of thiophene rings is 1. The van der Waals surface area contributed by atoms with Gasteiger partial charge in [0.2, 0.25) is 0 Å². The highest BCUT2D eigenvalue weighted by molar-refractivity contribution is 7.19. The third-order valence-corrected chi connectivity index (χ3v) is 6.33. The SMILES string of the molecule is COCCn1c(-c2ccccc2)nc2sc(C)c(-c3ccc(C)c(C)c3)c2c1=O. The molecule has 0 radical (unpaired) electrons. The molecule has 0 saturated heterocycles. The molecule has 0 fully saturated rings. The van der Waals surface area contributed by atoms with Gasteiger partial charge in [0, 0.05) is 23.1 Å². The van der Waals surface area contributed by atoms with Crippen LogP contribution in [-0.4, -0.2) is 23.3 Å². The second-order valence-electron chi connectivity index (χ2n) is 7.26. The molecule has 0 amide bonds. The van der Waals surface area contributed by atoms with Crippen molar-refractivity contribution in [3.8, 4) is 22.5 Å². The Morgan fingerprint density at radius 1 is 1.00 bits per heavy atom. The van der Waals surface area contributed by atoms with Crippen molar-refractivity contribution in [3.63, 3.8) is 0 Å². The van der Waals surface area contributed by atoms with Gasteiger partial charge in [-0.05, 0) is 37.5 Å². The van der Waals surface area contributed by atoms with Crippen molar-refractivity contribution < 1.29 is 4.74 Å². The van der Waals surface area contributed by atoms with E-state index in [9.17, 15) is 4.79 Å². The summed E-state index contributed by atoms with van der Waals surface area (Å²) in [6.45, 7) is 7.19. The van der Waals surface area contributed by atoms with Gasteiger partial charge in [-0.1, -0.05) is 48.5 Å². The Balaban J connectivity index is 2.02. The molecule has 4 rings (SSSR count). The zero-order valence-corrected chi connectivity index (χ0v) is 18.0. The van der Waals surface area contributed by atoms with Gasteiger partial charge in [0.1, 0.15) is 10.7 Å². The lowest BCUT2D eigenvalue weighted by atomic mass is 9.99. The van der Waals surface area contributed by atoms with Crippen molar-refractivity contribution in [1.82, 2.24) is 9.55 Å². The van der Waals surface area contributed by atoms with Gasteiger partial charge >= 0.3 is 0 Å². The molecule has 4 nitrogen and oxygen atoms in total. The highest BCUT2D eigenvalue weighted by Crippen LogP contribution is 2.37. The van der Waals surface area contributed by atoms with Crippen LogP contribution >= 0.6 is 11.3 Å². The monoisotopic (exact) mass is 404 g/mol. The van der Waals surface area contributed by atoms with Crippen LogP contribution in [0.3, 0.4) is 0 Å². The Kier molecular flexibility index (Phi) is 5.35. The Hall–Kier alpha value is -2.76. The van der Waals surface area contributed by atoms with Crippen LogP contribution in [-0.2, 0) is 11.3 Å². The summed E-state index contributed by atoms with van der Waals surface area (Å²) in [6, 6.07) is 16.2. The molecule has 2 aromatic heterocycles. The maximum atomic E-state index is 13.7. The molecule has 0 N–H and O–H groups in total. The van der Waals surface area contributed by atoms with E-state index in [0.717, 1.165) is 26.4 Å². The second kappa shape index (κ2) is 7.93. The fourth-order valence-corrected chi connectivity index (χ4v) is 4.67. The van der Waals surface area contributed by atoms with E-state index < -0.39 is 0 Å². The van der Waals surface area contributed by atoms with Gasteiger partial charge in [0.05, 0.1) is 18.5 Å². The van der Waals surface area contributed by atoms with Crippen LogP contribution in [0.15, 0.2) is 53.3 Å². The molecule has 2 aromatic carbocycles. The Morgan fingerprint density at radius 2 is 1.76 bits per heavy atom. The summed E-state index contributed by atoms with van der Waals surface area (Å²) >= 11 is 1.58. The third kappa shape index (κ3) is 3.52. The zero-order valence-electron chi connectivity index (χ0n) is 17.2. The summed E-state index contributed by atoms with van der Waals surface area (Å²) in [5.74, 6) is 0.688. The first-order chi connectivity index (χ1) is 14.0. The van der Waals surface area contributed by atoms with E-state index in [0.29, 0.717) is 24.4 Å². The molecule has 29 heavy (non-hydrogen) atoms. The molecule has 5 heteroatoms. The van der Waals surface area contributed by atoms with Gasteiger partial charge in [-0.2, -0.15) is 0 Å². The van der Waals surface area contributed by atoms with Gasteiger partial charge in [-0.3, -0.25) is 9.36 Å². The molecule has 0 aliphatic heterocycles. The highest BCUT2D eigenvalue weighted by Gasteiger charge is 2.20. The van der Waals surface area contributed by atoms with E-state index in [4.69, 9.17) is 9.72 Å². The lowest BCUT2D eigenvalue weighted by Gasteiger charge is -2.13. The van der Waals surface area contributed by atoms with Crippen molar-refractivity contribution in [2.45, 2.75) is 27.3 Å². The summed E-state index contributed by atoms with van der Waals surface area (Å²) in [5, 5.41) is 0.700. The van der Waals surface area contributed by atoms with Gasteiger partial charge in [0.15, 0.2) is 0 Å². The quantitative estimate of drug-likeness (QED) is 0.449. The molecule has 0 aliphatic carbocycles. The van der Waals surface area contributed by atoms with Crippen molar-refractivity contribution in [1.29, 1.82) is 0 Å². The molecule has 2 heterocycles. The standard InChI is InChI=1S/C24H24N2O2S/c1-15-10-11-19(14-16(15)2)20-17(3)29-23-21(20)24(27)26(12-13-28-4)22(25-23)18-8-6-5-7-9-18/h5-11,14H,12-13H2,1-4H3. The fraction of sp³-hybridized carbons (Fsp3) is 0.250. The number of aromatic nitrogens is 2. The summed E-state index contributed by atoms with van der Waals surface area (Å²) in [4.78, 5) is 20.5. The topological polar surface area (TPSA) is 44.1 Å². The average Bonchev–Trinajstić information content (AvgIpc) is 3.06. The first-order valence-electron chi connectivity index (χ1n) is 9.67. The zero-order chi connectivity index (χ0) is 20.5. The largest absolute Gasteiger partial charge is 0.383 e. The molecule has 0 bridgehead atoms. The maximum Gasteiger partial charge on any atom is 0.263 e. The predicted molar refractivity (Wildman–Crippen MR) is 121 cm³/mol. The molecule has 0 aliphatic rings. The smallest absolute Gasteiger partial charge is 0.263 e. The van der Waals surface area contributed by atoms with Crippen LogP contribution in [0.25, 0.3) is 32.7 Å². The molecule has 0 saturated carbocycles. The number of ether oxygens (including phenoxy) is 1. The molecule has 0 unspecified atom stereocenters. The van der Waals surface area contributed by atoms with Crippen LogP contribution < -0.4 is 5.56 Å². The minimum atomic E-state index is -0.0107. The average molecular weight is 405 g/mol. The lowest BCUT2D eigenvalue weighted by Crippen LogP contribution is -2.25. The fourth-order valence-electron chi connectivity index (χ4n) is 3.64. The van der Waals surface area contributed by atoms with E-state index >= 15 is 0 Å². The molecule has 4 aromatic rings. The number of benzene rings is 2. The van der Waals surface area contributed by atoms with Gasteiger partial charge in [-0.15, -0.1) is 11.3 Å². The molecular weight excluding hydrogens is 380 g/mol. The van der Waals surface area contributed by atoms with Crippen LogP contribution in [0.4, 0.5) is 0 Å².